The summed E-state index contributed by atoms with van der Waals surface area (Å²) >= 11 is 0. The van der Waals surface area contributed by atoms with E-state index in [1.54, 1.807) is 0 Å². The lowest BCUT2D eigenvalue weighted by molar-refractivity contribution is 0.415. The number of nitrogens with two attached hydrogens (primary N) is 1. The number of methoxy groups -OCH3 is 1. The third-order valence-corrected chi connectivity index (χ3v) is 2.80. The van der Waals surface area contributed by atoms with Gasteiger partial charge in [-0.1, -0.05) is 13.3 Å². The molecular weight excluding hydrogens is 233 g/mol. The fourth-order valence-corrected chi connectivity index (χ4v) is 2.00. The van der Waals surface area contributed by atoms with Gasteiger partial charge < -0.3 is 10.2 Å². The number of anilines is 1. The van der Waals surface area contributed by atoms with Crippen molar-refractivity contribution >= 4 is 16.7 Å². The summed E-state index contributed by atoms with van der Waals surface area (Å²) in [4.78, 5) is 4.40. The molecule has 0 aliphatic heterocycles. The summed E-state index contributed by atoms with van der Waals surface area (Å²) in [6, 6.07) is 4.66. The average molecular weight is 249 g/mol. The SMILES string of the molecule is CCCc1cc2cc(F)cc(OC)c2nc1NN. The van der Waals surface area contributed by atoms with Gasteiger partial charge in [0.05, 0.1) is 7.11 Å². The summed E-state index contributed by atoms with van der Waals surface area (Å²) in [5, 5.41) is 0.717. The molecule has 0 saturated heterocycles. The normalized spacial score (nSPS) is 10.7. The maximum Gasteiger partial charge on any atom is 0.148 e. The van der Waals surface area contributed by atoms with Gasteiger partial charge in [-0.25, -0.2) is 15.2 Å². The fourth-order valence-electron chi connectivity index (χ4n) is 2.00. The summed E-state index contributed by atoms with van der Waals surface area (Å²) in [5.41, 5.74) is 4.15. The van der Waals surface area contributed by atoms with Crippen LogP contribution in [-0.4, -0.2) is 12.1 Å². The Labute approximate surface area is 105 Å². The second kappa shape index (κ2) is 5.18. The Hall–Kier alpha value is -1.88. The topological polar surface area (TPSA) is 60.2 Å². The fraction of sp³-hybridized carbons (Fsp3) is 0.308. The van der Waals surface area contributed by atoms with Crippen LogP contribution in [-0.2, 0) is 6.42 Å². The Morgan fingerprint density at radius 3 is 2.78 bits per heavy atom. The van der Waals surface area contributed by atoms with Crippen LogP contribution < -0.4 is 16.0 Å². The zero-order valence-electron chi connectivity index (χ0n) is 10.5. The molecule has 0 aliphatic rings. The van der Waals surface area contributed by atoms with E-state index in [2.05, 4.69) is 17.3 Å². The lowest BCUT2D eigenvalue weighted by Crippen LogP contribution is -2.11. The summed E-state index contributed by atoms with van der Waals surface area (Å²) in [7, 11) is 1.49. The second-order valence-corrected chi connectivity index (χ2v) is 4.07. The Bertz CT molecular complexity index is 572. The van der Waals surface area contributed by atoms with Gasteiger partial charge >= 0.3 is 0 Å². The maximum absolute atomic E-state index is 13.4. The molecule has 0 saturated carbocycles. The van der Waals surface area contributed by atoms with Gasteiger partial charge in [0.2, 0.25) is 0 Å². The van der Waals surface area contributed by atoms with Crippen molar-refractivity contribution in [2.75, 3.05) is 12.5 Å². The molecule has 1 aromatic heterocycles. The first-order valence-corrected chi connectivity index (χ1v) is 5.83. The number of pyridine rings is 1. The van der Waals surface area contributed by atoms with E-state index in [9.17, 15) is 4.39 Å². The molecule has 0 unspecified atom stereocenters. The molecule has 4 nitrogen and oxygen atoms in total. The average Bonchev–Trinajstić information content (AvgIpc) is 2.37. The highest BCUT2D eigenvalue weighted by atomic mass is 19.1. The number of aromatic nitrogens is 1. The van der Waals surface area contributed by atoms with E-state index in [-0.39, 0.29) is 5.82 Å². The van der Waals surface area contributed by atoms with Crippen LogP contribution in [0, 0.1) is 5.82 Å². The third kappa shape index (κ3) is 2.22. The Morgan fingerprint density at radius 2 is 2.17 bits per heavy atom. The smallest absolute Gasteiger partial charge is 0.148 e. The molecule has 0 aliphatic carbocycles. The van der Waals surface area contributed by atoms with Gasteiger partial charge in [-0.05, 0) is 24.1 Å². The molecule has 18 heavy (non-hydrogen) atoms. The number of hydrazine groups is 1. The molecule has 0 amide bonds. The maximum atomic E-state index is 13.4. The van der Waals surface area contributed by atoms with Crippen molar-refractivity contribution < 1.29 is 9.13 Å². The molecule has 1 heterocycles. The van der Waals surface area contributed by atoms with Crippen molar-refractivity contribution in [2.45, 2.75) is 19.8 Å². The number of hydrogen-bond acceptors (Lipinski definition) is 4. The summed E-state index contributed by atoms with van der Waals surface area (Å²) < 4.78 is 18.6. The molecule has 0 bridgehead atoms. The highest BCUT2D eigenvalue weighted by molar-refractivity contribution is 5.87. The minimum Gasteiger partial charge on any atom is -0.494 e. The number of hydrogen-bond donors (Lipinski definition) is 2. The zero-order chi connectivity index (χ0) is 13.1. The van der Waals surface area contributed by atoms with Crippen molar-refractivity contribution in [3.05, 3.63) is 29.6 Å². The molecule has 1 aromatic carbocycles. The number of benzene rings is 1. The number of ether oxygens (including phenoxy) is 1. The number of nitrogen functional groups attached to an aromatic ring is 1. The molecule has 3 N–H and O–H groups in total. The minimum absolute atomic E-state index is 0.336. The van der Waals surface area contributed by atoms with Crippen molar-refractivity contribution in [2.24, 2.45) is 5.84 Å². The third-order valence-electron chi connectivity index (χ3n) is 2.80. The first kappa shape index (κ1) is 12.6. The summed E-state index contributed by atoms with van der Waals surface area (Å²) in [6.07, 6.45) is 1.80. The predicted molar refractivity (Wildman–Crippen MR) is 70.1 cm³/mol. The molecule has 0 atom stereocenters. The van der Waals surface area contributed by atoms with E-state index in [1.165, 1.54) is 19.2 Å². The van der Waals surface area contributed by atoms with E-state index in [4.69, 9.17) is 10.6 Å². The van der Waals surface area contributed by atoms with Crippen LogP contribution in [0.4, 0.5) is 10.2 Å². The second-order valence-electron chi connectivity index (χ2n) is 4.07. The van der Waals surface area contributed by atoms with Crippen LogP contribution in [0.5, 0.6) is 5.75 Å². The standard InChI is InChI=1S/C13H16FN3O/c1-3-4-8-5-9-6-10(14)7-11(18-2)12(9)16-13(8)17-15/h5-7H,3-4,15H2,1-2H3,(H,16,17). The Balaban J connectivity index is 2.69. The molecular formula is C13H16FN3O. The van der Waals surface area contributed by atoms with Crippen molar-refractivity contribution in [3.8, 4) is 5.75 Å². The largest absolute Gasteiger partial charge is 0.494 e. The van der Waals surface area contributed by atoms with Gasteiger partial charge in [0.15, 0.2) is 0 Å². The Morgan fingerprint density at radius 1 is 1.39 bits per heavy atom. The number of aryl methyl sites for hydroxylation is 1. The van der Waals surface area contributed by atoms with Crippen LogP contribution >= 0.6 is 0 Å². The summed E-state index contributed by atoms with van der Waals surface area (Å²) in [6.45, 7) is 2.07. The number of fused-ring (bicyclic) bond motifs is 1. The zero-order valence-corrected chi connectivity index (χ0v) is 10.5. The molecule has 2 aromatic rings. The number of nitrogens with one attached hydrogen (secondary N) is 1. The number of halogens is 1. The lowest BCUT2D eigenvalue weighted by atomic mass is 10.1. The number of rotatable bonds is 4. The molecule has 5 heteroatoms. The lowest BCUT2D eigenvalue weighted by Gasteiger charge is -2.11. The molecule has 0 radical (unpaired) electrons. The van der Waals surface area contributed by atoms with Gasteiger partial charge in [0, 0.05) is 11.5 Å². The summed E-state index contributed by atoms with van der Waals surface area (Å²) in [5.74, 6) is 6.14. The molecule has 0 fully saturated rings. The van der Waals surface area contributed by atoms with Crippen LogP contribution in [0.15, 0.2) is 18.2 Å². The van der Waals surface area contributed by atoms with Gasteiger partial charge in [-0.2, -0.15) is 0 Å². The first-order valence-electron chi connectivity index (χ1n) is 5.83. The highest BCUT2D eigenvalue weighted by Crippen LogP contribution is 2.29. The van der Waals surface area contributed by atoms with E-state index in [0.717, 1.165) is 18.4 Å². The van der Waals surface area contributed by atoms with Gasteiger partial charge in [0.1, 0.15) is 22.9 Å². The van der Waals surface area contributed by atoms with Gasteiger partial charge in [-0.15, -0.1) is 0 Å². The number of nitrogens with zero attached hydrogens (tertiary/aromatic N) is 1. The monoisotopic (exact) mass is 249 g/mol. The highest BCUT2D eigenvalue weighted by Gasteiger charge is 2.11. The van der Waals surface area contributed by atoms with E-state index in [1.807, 2.05) is 6.07 Å². The van der Waals surface area contributed by atoms with Crippen molar-refractivity contribution in [1.29, 1.82) is 0 Å². The minimum atomic E-state index is -0.336. The van der Waals surface area contributed by atoms with Gasteiger partial charge in [-0.3, -0.25) is 0 Å². The quantitative estimate of drug-likeness (QED) is 0.646. The van der Waals surface area contributed by atoms with Crippen LogP contribution in [0.1, 0.15) is 18.9 Å². The van der Waals surface area contributed by atoms with Crippen LogP contribution in [0.2, 0.25) is 0 Å². The first-order chi connectivity index (χ1) is 8.69. The van der Waals surface area contributed by atoms with Gasteiger partial charge in [0.25, 0.3) is 0 Å². The van der Waals surface area contributed by atoms with E-state index in [0.29, 0.717) is 22.5 Å². The predicted octanol–water partition coefficient (Wildman–Crippen LogP) is 2.62. The molecule has 96 valence electrons. The van der Waals surface area contributed by atoms with Crippen molar-refractivity contribution in [3.63, 3.8) is 0 Å². The molecule has 0 spiro atoms. The van der Waals surface area contributed by atoms with Crippen LogP contribution in [0.25, 0.3) is 10.9 Å². The molecule has 2 rings (SSSR count). The van der Waals surface area contributed by atoms with E-state index >= 15 is 0 Å². The van der Waals surface area contributed by atoms with E-state index < -0.39 is 0 Å². The van der Waals surface area contributed by atoms with Crippen molar-refractivity contribution in [1.82, 2.24) is 4.98 Å². The Kier molecular flexibility index (Phi) is 3.62. The van der Waals surface area contributed by atoms with Crippen LogP contribution in [0.3, 0.4) is 0 Å².